The van der Waals surface area contributed by atoms with Gasteiger partial charge in [0.1, 0.15) is 6.54 Å². The molecule has 156 valence electrons. The second-order valence-electron chi connectivity index (χ2n) is 6.72. The summed E-state index contributed by atoms with van der Waals surface area (Å²) in [6.45, 7) is 5.87. The summed E-state index contributed by atoms with van der Waals surface area (Å²) in [5, 5.41) is 5.61. The van der Waals surface area contributed by atoms with E-state index in [0.29, 0.717) is 49.0 Å². The van der Waals surface area contributed by atoms with Crippen LogP contribution in [0.1, 0.15) is 29.8 Å². The van der Waals surface area contributed by atoms with E-state index in [0.717, 1.165) is 10.5 Å². The normalized spacial score (nSPS) is 11.4. The number of rotatable bonds is 10. The Hall–Kier alpha value is -3.06. The standard InChI is InChI=1S/C22H29N3O4/c1-5-23-22(27)17-8-7-9-18(13-17)24-21(26)15-25(3)14-16-10-11-19(29-6-2)20(12-16)28-4/h7-13H,5-6,14-15H2,1-4H3,(H,23,27)(H,24,26)/p+1. The number of anilines is 1. The molecule has 0 heterocycles. The Bertz CT molecular complexity index is 839. The van der Waals surface area contributed by atoms with Gasteiger partial charge in [-0.2, -0.15) is 0 Å². The van der Waals surface area contributed by atoms with E-state index >= 15 is 0 Å². The van der Waals surface area contributed by atoms with Crippen molar-refractivity contribution in [2.24, 2.45) is 0 Å². The summed E-state index contributed by atoms with van der Waals surface area (Å²) in [7, 11) is 3.56. The minimum absolute atomic E-state index is 0.117. The molecule has 1 atom stereocenters. The molecule has 7 nitrogen and oxygen atoms in total. The summed E-state index contributed by atoms with van der Waals surface area (Å²) in [6, 6.07) is 12.7. The van der Waals surface area contributed by atoms with Crippen LogP contribution in [-0.4, -0.2) is 45.7 Å². The van der Waals surface area contributed by atoms with Crippen LogP contribution in [0.2, 0.25) is 0 Å². The predicted octanol–water partition coefficient (Wildman–Crippen LogP) is 1.50. The van der Waals surface area contributed by atoms with Gasteiger partial charge < -0.3 is 25.0 Å². The lowest BCUT2D eigenvalue weighted by Crippen LogP contribution is -3.08. The van der Waals surface area contributed by atoms with Crippen molar-refractivity contribution >= 4 is 17.5 Å². The van der Waals surface area contributed by atoms with Crippen LogP contribution in [0.3, 0.4) is 0 Å². The number of carbonyl (C=O) groups excluding carboxylic acids is 2. The molecule has 0 saturated heterocycles. The first-order chi connectivity index (χ1) is 14.0. The first kappa shape index (κ1) is 22.2. The first-order valence-corrected chi connectivity index (χ1v) is 9.75. The zero-order valence-corrected chi connectivity index (χ0v) is 17.5. The molecular weight excluding hydrogens is 370 g/mol. The monoisotopic (exact) mass is 400 g/mol. The van der Waals surface area contributed by atoms with Crippen molar-refractivity contribution in [3.63, 3.8) is 0 Å². The molecule has 2 aromatic rings. The number of carbonyl (C=O) groups is 2. The number of nitrogens with one attached hydrogen (secondary N) is 3. The maximum Gasteiger partial charge on any atom is 0.279 e. The number of hydrogen-bond acceptors (Lipinski definition) is 4. The van der Waals surface area contributed by atoms with E-state index < -0.39 is 0 Å². The van der Waals surface area contributed by atoms with E-state index in [-0.39, 0.29) is 11.8 Å². The number of hydrogen-bond donors (Lipinski definition) is 3. The molecule has 0 aliphatic carbocycles. The van der Waals surface area contributed by atoms with Crippen molar-refractivity contribution in [1.29, 1.82) is 0 Å². The van der Waals surface area contributed by atoms with Gasteiger partial charge >= 0.3 is 0 Å². The van der Waals surface area contributed by atoms with Gasteiger partial charge in [-0.1, -0.05) is 6.07 Å². The molecule has 0 aliphatic heterocycles. The molecule has 0 saturated carbocycles. The fourth-order valence-corrected chi connectivity index (χ4v) is 2.99. The molecule has 2 aromatic carbocycles. The minimum atomic E-state index is -0.157. The van der Waals surface area contributed by atoms with Gasteiger partial charge in [0.15, 0.2) is 18.0 Å². The molecular formula is C22H30N3O4+. The number of amides is 2. The third kappa shape index (κ3) is 6.80. The lowest BCUT2D eigenvalue weighted by molar-refractivity contribution is -0.885. The molecule has 0 aromatic heterocycles. The molecule has 0 bridgehead atoms. The van der Waals surface area contributed by atoms with Gasteiger partial charge in [0.05, 0.1) is 20.8 Å². The quantitative estimate of drug-likeness (QED) is 0.565. The SMILES string of the molecule is CCNC(=O)c1cccc(NC(=O)C[NH+](C)Cc2ccc(OCC)c(OC)c2)c1. The number of likely N-dealkylation sites (N-methyl/N-ethyl adjacent to an activating group) is 1. The van der Waals surface area contributed by atoms with Gasteiger partial charge in [-0.3, -0.25) is 9.59 Å². The van der Waals surface area contributed by atoms with E-state index in [2.05, 4.69) is 10.6 Å². The Kier molecular flexibility index (Phi) is 8.48. The average Bonchev–Trinajstić information content (AvgIpc) is 2.69. The minimum Gasteiger partial charge on any atom is -0.493 e. The summed E-state index contributed by atoms with van der Waals surface area (Å²) >= 11 is 0. The summed E-state index contributed by atoms with van der Waals surface area (Å²) in [5.41, 5.74) is 2.18. The van der Waals surface area contributed by atoms with Gasteiger partial charge in [0.25, 0.3) is 11.8 Å². The molecule has 0 fully saturated rings. The van der Waals surface area contributed by atoms with Crippen molar-refractivity contribution in [2.75, 3.05) is 39.2 Å². The molecule has 0 spiro atoms. The third-order valence-electron chi connectivity index (χ3n) is 4.24. The van der Waals surface area contributed by atoms with Gasteiger partial charge in [-0.25, -0.2) is 0 Å². The van der Waals surface area contributed by atoms with Gasteiger partial charge in [0, 0.05) is 23.4 Å². The van der Waals surface area contributed by atoms with Crippen molar-refractivity contribution in [1.82, 2.24) is 5.32 Å². The predicted molar refractivity (Wildman–Crippen MR) is 113 cm³/mol. The van der Waals surface area contributed by atoms with Crippen LogP contribution < -0.4 is 25.0 Å². The third-order valence-corrected chi connectivity index (χ3v) is 4.24. The fraction of sp³-hybridized carbons (Fsp3) is 0.364. The zero-order chi connectivity index (χ0) is 21.2. The van der Waals surface area contributed by atoms with E-state index in [4.69, 9.17) is 9.47 Å². The highest BCUT2D eigenvalue weighted by atomic mass is 16.5. The Morgan fingerprint density at radius 2 is 1.86 bits per heavy atom. The molecule has 7 heteroatoms. The van der Waals surface area contributed by atoms with Crippen molar-refractivity contribution < 1.29 is 24.0 Å². The average molecular weight is 400 g/mol. The van der Waals surface area contributed by atoms with E-state index in [1.54, 1.807) is 31.4 Å². The lowest BCUT2D eigenvalue weighted by Gasteiger charge is -2.16. The Balaban J connectivity index is 1.94. The highest BCUT2D eigenvalue weighted by molar-refractivity contribution is 5.97. The summed E-state index contributed by atoms with van der Waals surface area (Å²) in [4.78, 5) is 25.4. The second kappa shape index (κ2) is 11.1. The molecule has 29 heavy (non-hydrogen) atoms. The van der Waals surface area contributed by atoms with E-state index in [1.165, 1.54) is 0 Å². The molecule has 0 radical (unpaired) electrons. The molecule has 0 aliphatic rings. The first-order valence-electron chi connectivity index (χ1n) is 9.75. The highest BCUT2D eigenvalue weighted by Gasteiger charge is 2.14. The number of quaternary nitrogens is 1. The van der Waals surface area contributed by atoms with Crippen LogP contribution in [0.15, 0.2) is 42.5 Å². The van der Waals surface area contributed by atoms with E-state index in [1.807, 2.05) is 39.1 Å². The molecule has 3 N–H and O–H groups in total. The van der Waals surface area contributed by atoms with Gasteiger partial charge in [-0.15, -0.1) is 0 Å². The number of ether oxygens (including phenoxy) is 2. The topological polar surface area (TPSA) is 81.1 Å². The van der Waals surface area contributed by atoms with Crippen molar-refractivity contribution in [3.05, 3.63) is 53.6 Å². The van der Waals surface area contributed by atoms with Crippen LogP contribution in [0, 0.1) is 0 Å². The zero-order valence-electron chi connectivity index (χ0n) is 17.5. The van der Waals surface area contributed by atoms with Gasteiger partial charge in [0.2, 0.25) is 0 Å². The molecule has 2 amide bonds. The lowest BCUT2D eigenvalue weighted by atomic mass is 10.2. The maximum absolute atomic E-state index is 12.4. The summed E-state index contributed by atoms with van der Waals surface area (Å²) < 4.78 is 10.9. The van der Waals surface area contributed by atoms with Crippen LogP contribution in [-0.2, 0) is 11.3 Å². The largest absolute Gasteiger partial charge is 0.493 e. The highest BCUT2D eigenvalue weighted by Crippen LogP contribution is 2.27. The molecule has 1 unspecified atom stereocenters. The van der Waals surface area contributed by atoms with Crippen molar-refractivity contribution in [2.45, 2.75) is 20.4 Å². The number of methoxy groups -OCH3 is 1. The van der Waals surface area contributed by atoms with Crippen LogP contribution in [0.25, 0.3) is 0 Å². The second-order valence-corrected chi connectivity index (χ2v) is 6.72. The number of benzene rings is 2. The Morgan fingerprint density at radius 3 is 2.55 bits per heavy atom. The summed E-state index contributed by atoms with van der Waals surface area (Å²) in [6.07, 6.45) is 0. The fourth-order valence-electron chi connectivity index (χ4n) is 2.99. The van der Waals surface area contributed by atoms with Gasteiger partial charge in [-0.05, 0) is 50.2 Å². The van der Waals surface area contributed by atoms with E-state index in [9.17, 15) is 9.59 Å². The van der Waals surface area contributed by atoms with Crippen LogP contribution in [0.5, 0.6) is 11.5 Å². The van der Waals surface area contributed by atoms with Crippen molar-refractivity contribution in [3.8, 4) is 11.5 Å². The Morgan fingerprint density at radius 1 is 1.07 bits per heavy atom. The Labute approximate surface area is 172 Å². The van der Waals surface area contributed by atoms with Crippen LogP contribution in [0.4, 0.5) is 5.69 Å². The molecule has 2 rings (SSSR count). The maximum atomic E-state index is 12.4. The van der Waals surface area contributed by atoms with Crippen LogP contribution >= 0.6 is 0 Å². The summed E-state index contributed by atoms with van der Waals surface area (Å²) in [5.74, 6) is 1.12. The smallest absolute Gasteiger partial charge is 0.279 e.